The molecule has 1 rings (SSSR count). The van der Waals surface area contributed by atoms with Crippen molar-refractivity contribution in [2.75, 3.05) is 12.3 Å². The average Bonchev–Trinajstić information content (AvgIpc) is 2.18. The lowest BCUT2D eigenvalue weighted by atomic mass is 10.1. The van der Waals surface area contributed by atoms with E-state index in [1.807, 2.05) is 0 Å². The zero-order valence-corrected chi connectivity index (χ0v) is 8.32. The topological polar surface area (TPSA) is 95.4 Å². The minimum Gasteiger partial charge on any atom is -0.452 e. The molecule has 1 amide bonds. The number of primary amides is 1. The van der Waals surface area contributed by atoms with E-state index in [-0.39, 0.29) is 5.56 Å². The van der Waals surface area contributed by atoms with Crippen molar-refractivity contribution in [3.05, 3.63) is 29.3 Å². The number of hydrogen-bond acceptors (Lipinski definition) is 4. The Bertz CT molecular complexity index is 402. The molecule has 0 heterocycles. The van der Waals surface area contributed by atoms with Crippen LogP contribution in [0.4, 0.5) is 5.69 Å². The molecule has 4 N–H and O–H groups in total. The first kappa shape index (κ1) is 11.0. The number of hydrogen-bond donors (Lipinski definition) is 2. The summed E-state index contributed by atoms with van der Waals surface area (Å²) in [7, 11) is 0. The van der Waals surface area contributed by atoms with Crippen molar-refractivity contribution < 1.29 is 14.3 Å². The van der Waals surface area contributed by atoms with Gasteiger partial charge in [0.15, 0.2) is 6.61 Å². The van der Waals surface area contributed by atoms with Crippen LogP contribution < -0.4 is 11.5 Å². The summed E-state index contributed by atoms with van der Waals surface area (Å²) in [5.74, 6) is -1.34. The number of amides is 1. The van der Waals surface area contributed by atoms with Crippen LogP contribution in [0.3, 0.4) is 0 Å². The van der Waals surface area contributed by atoms with Gasteiger partial charge in [-0.1, -0.05) is 12.1 Å². The van der Waals surface area contributed by atoms with Gasteiger partial charge in [0.2, 0.25) is 0 Å². The van der Waals surface area contributed by atoms with Gasteiger partial charge in [-0.25, -0.2) is 4.79 Å². The normalized spacial score (nSPS) is 9.67. The lowest BCUT2D eigenvalue weighted by Crippen LogP contribution is -2.21. The zero-order valence-electron chi connectivity index (χ0n) is 8.32. The zero-order chi connectivity index (χ0) is 11.4. The molecule has 15 heavy (non-hydrogen) atoms. The van der Waals surface area contributed by atoms with Crippen molar-refractivity contribution in [1.29, 1.82) is 0 Å². The van der Waals surface area contributed by atoms with E-state index < -0.39 is 18.5 Å². The molecule has 5 heteroatoms. The number of aryl methyl sites for hydroxylation is 1. The van der Waals surface area contributed by atoms with Gasteiger partial charge in [0.1, 0.15) is 0 Å². The van der Waals surface area contributed by atoms with Gasteiger partial charge in [-0.3, -0.25) is 4.79 Å². The molecule has 0 saturated carbocycles. The number of nitrogen functional groups attached to an aromatic ring is 1. The van der Waals surface area contributed by atoms with Gasteiger partial charge < -0.3 is 16.2 Å². The molecular weight excluding hydrogens is 196 g/mol. The monoisotopic (exact) mass is 208 g/mol. The molecule has 0 bridgehead atoms. The van der Waals surface area contributed by atoms with Crippen LogP contribution >= 0.6 is 0 Å². The predicted octanol–water partition coefficient (Wildman–Crippen LogP) is 0.219. The Kier molecular flexibility index (Phi) is 3.28. The molecular formula is C10H12N2O3. The maximum atomic E-state index is 11.4. The molecule has 0 radical (unpaired) electrons. The van der Waals surface area contributed by atoms with Crippen molar-refractivity contribution in [2.24, 2.45) is 5.73 Å². The highest BCUT2D eigenvalue weighted by Crippen LogP contribution is 2.17. The first-order valence-electron chi connectivity index (χ1n) is 4.33. The Morgan fingerprint density at radius 3 is 2.67 bits per heavy atom. The van der Waals surface area contributed by atoms with Gasteiger partial charge in [0, 0.05) is 5.69 Å². The number of rotatable bonds is 3. The second-order valence-corrected chi connectivity index (χ2v) is 3.08. The Labute approximate surface area is 87.0 Å². The van der Waals surface area contributed by atoms with Crippen LogP contribution in [0.5, 0.6) is 0 Å². The molecule has 1 aromatic carbocycles. The van der Waals surface area contributed by atoms with E-state index in [0.717, 1.165) is 5.56 Å². The third-order valence-electron chi connectivity index (χ3n) is 1.89. The number of carbonyl (C=O) groups is 2. The van der Waals surface area contributed by atoms with E-state index in [0.29, 0.717) is 5.69 Å². The molecule has 0 saturated heterocycles. The molecule has 1 aromatic rings. The van der Waals surface area contributed by atoms with Gasteiger partial charge in [-0.05, 0) is 18.6 Å². The van der Waals surface area contributed by atoms with Gasteiger partial charge >= 0.3 is 5.97 Å². The summed E-state index contributed by atoms with van der Waals surface area (Å²) in [6, 6.07) is 5.00. The van der Waals surface area contributed by atoms with Crippen molar-refractivity contribution in [3.8, 4) is 0 Å². The number of para-hydroxylation sites is 1. The average molecular weight is 208 g/mol. The molecule has 0 aliphatic rings. The molecule has 0 spiro atoms. The molecule has 0 aliphatic carbocycles. The Balaban J connectivity index is 2.82. The van der Waals surface area contributed by atoms with Gasteiger partial charge in [-0.15, -0.1) is 0 Å². The summed E-state index contributed by atoms with van der Waals surface area (Å²) in [5.41, 5.74) is 11.9. The van der Waals surface area contributed by atoms with E-state index in [9.17, 15) is 9.59 Å². The second-order valence-electron chi connectivity index (χ2n) is 3.08. The van der Waals surface area contributed by atoms with Gasteiger partial charge in [0.05, 0.1) is 5.56 Å². The molecule has 0 aromatic heterocycles. The molecule has 5 nitrogen and oxygen atoms in total. The van der Waals surface area contributed by atoms with Crippen LogP contribution in [0.2, 0.25) is 0 Å². The highest BCUT2D eigenvalue weighted by molar-refractivity contribution is 5.96. The van der Waals surface area contributed by atoms with Gasteiger partial charge in [0.25, 0.3) is 5.91 Å². The minimum absolute atomic E-state index is 0.247. The number of esters is 1. The number of carbonyl (C=O) groups excluding carboxylic acids is 2. The lowest BCUT2D eigenvalue weighted by molar-refractivity contribution is -0.121. The standard InChI is InChI=1S/C10H12N2O3/c1-6-3-2-4-7(9(6)12)10(14)15-5-8(11)13/h2-4H,5,12H2,1H3,(H2,11,13). The van der Waals surface area contributed by atoms with E-state index in [2.05, 4.69) is 4.74 Å². The van der Waals surface area contributed by atoms with Crippen LogP contribution in [-0.4, -0.2) is 18.5 Å². The SMILES string of the molecule is Cc1cccc(C(=O)OCC(N)=O)c1N. The first-order valence-corrected chi connectivity index (χ1v) is 4.33. The smallest absolute Gasteiger partial charge is 0.340 e. The second kappa shape index (κ2) is 4.45. The van der Waals surface area contributed by atoms with E-state index in [4.69, 9.17) is 11.5 Å². The van der Waals surface area contributed by atoms with Crippen LogP contribution in [-0.2, 0) is 9.53 Å². The van der Waals surface area contributed by atoms with Gasteiger partial charge in [-0.2, -0.15) is 0 Å². The summed E-state index contributed by atoms with van der Waals surface area (Å²) in [5, 5.41) is 0. The molecule has 0 aliphatic heterocycles. The number of anilines is 1. The third kappa shape index (κ3) is 2.70. The summed E-state index contributed by atoms with van der Waals surface area (Å²) >= 11 is 0. The summed E-state index contributed by atoms with van der Waals surface area (Å²) < 4.78 is 4.63. The molecule has 80 valence electrons. The van der Waals surface area contributed by atoms with Crippen molar-refractivity contribution >= 4 is 17.6 Å². The van der Waals surface area contributed by atoms with Crippen LogP contribution in [0.25, 0.3) is 0 Å². The van der Waals surface area contributed by atoms with E-state index in [1.165, 1.54) is 6.07 Å². The van der Waals surface area contributed by atoms with E-state index >= 15 is 0 Å². The number of nitrogens with two attached hydrogens (primary N) is 2. The maximum absolute atomic E-state index is 11.4. The third-order valence-corrected chi connectivity index (χ3v) is 1.89. The summed E-state index contributed by atoms with van der Waals surface area (Å²) in [6.45, 7) is 1.34. The quantitative estimate of drug-likeness (QED) is 0.548. The minimum atomic E-state index is -0.699. The Morgan fingerprint density at radius 1 is 1.40 bits per heavy atom. The first-order chi connectivity index (χ1) is 7.02. The summed E-state index contributed by atoms with van der Waals surface area (Å²) in [6.07, 6.45) is 0. The van der Waals surface area contributed by atoms with Crippen molar-refractivity contribution in [3.63, 3.8) is 0 Å². The fraction of sp³-hybridized carbons (Fsp3) is 0.200. The Morgan fingerprint density at radius 2 is 2.07 bits per heavy atom. The fourth-order valence-corrected chi connectivity index (χ4v) is 1.07. The molecule has 0 fully saturated rings. The fourth-order valence-electron chi connectivity index (χ4n) is 1.07. The maximum Gasteiger partial charge on any atom is 0.340 e. The van der Waals surface area contributed by atoms with Crippen LogP contribution in [0.15, 0.2) is 18.2 Å². The van der Waals surface area contributed by atoms with E-state index in [1.54, 1.807) is 19.1 Å². The highest BCUT2D eigenvalue weighted by Gasteiger charge is 2.12. The van der Waals surface area contributed by atoms with Crippen molar-refractivity contribution in [2.45, 2.75) is 6.92 Å². The van der Waals surface area contributed by atoms with Crippen LogP contribution in [0.1, 0.15) is 15.9 Å². The van der Waals surface area contributed by atoms with Crippen LogP contribution in [0, 0.1) is 6.92 Å². The highest BCUT2D eigenvalue weighted by atomic mass is 16.5. The molecule has 0 unspecified atom stereocenters. The number of ether oxygens (including phenoxy) is 1. The Hall–Kier alpha value is -2.04. The summed E-state index contributed by atoms with van der Waals surface area (Å²) in [4.78, 5) is 21.8. The molecule has 0 atom stereocenters. The predicted molar refractivity (Wildman–Crippen MR) is 55.1 cm³/mol. The largest absolute Gasteiger partial charge is 0.452 e. The lowest BCUT2D eigenvalue weighted by Gasteiger charge is -2.07. The number of benzene rings is 1. The van der Waals surface area contributed by atoms with Crippen molar-refractivity contribution in [1.82, 2.24) is 0 Å².